The number of nitrogens with zero attached hydrogens (tertiary/aromatic N) is 4. The number of aromatic nitrogens is 3. The van der Waals surface area contributed by atoms with Crippen molar-refractivity contribution in [1.29, 1.82) is 0 Å². The van der Waals surface area contributed by atoms with Crippen LogP contribution < -0.4 is 0 Å². The van der Waals surface area contributed by atoms with Gasteiger partial charge >= 0.3 is 5.97 Å². The van der Waals surface area contributed by atoms with Gasteiger partial charge in [-0.05, 0) is 24.4 Å². The van der Waals surface area contributed by atoms with Crippen molar-refractivity contribution in [3.05, 3.63) is 78.2 Å². The van der Waals surface area contributed by atoms with Crippen LogP contribution in [0.4, 0.5) is 5.69 Å². The van der Waals surface area contributed by atoms with Gasteiger partial charge in [-0.25, -0.2) is 4.79 Å². The van der Waals surface area contributed by atoms with Gasteiger partial charge in [0, 0.05) is 11.3 Å². The summed E-state index contributed by atoms with van der Waals surface area (Å²) < 4.78 is 6.97. The van der Waals surface area contributed by atoms with E-state index in [1.54, 1.807) is 19.2 Å². The van der Waals surface area contributed by atoms with E-state index >= 15 is 0 Å². The van der Waals surface area contributed by atoms with Crippen LogP contribution in [0.15, 0.2) is 71.9 Å². The van der Waals surface area contributed by atoms with E-state index in [0.717, 1.165) is 23.0 Å². The Hall–Kier alpha value is -3.54. The second-order valence-electron chi connectivity index (χ2n) is 6.46. The number of rotatable bonds is 6. The molecule has 6 nitrogen and oxygen atoms in total. The number of fused-ring (bicyclic) bond motifs is 1. The van der Waals surface area contributed by atoms with Crippen LogP contribution in [-0.2, 0) is 11.3 Å². The van der Waals surface area contributed by atoms with E-state index in [-0.39, 0.29) is 5.97 Å². The van der Waals surface area contributed by atoms with Gasteiger partial charge in [0.05, 0.1) is 36.8 Å². The first kappa shape index (κ1) is 17.9. The quantitative estimate of drug-likeness (QED) is 0.482. The van der Waals surface area contributed by atoms with E-state index in [1.807, 2.05) is 53.4 Å². The Morgan fingerprint density at radius 3 is 2.79 bits per heavy atom. The molecule has 4 rings (SSSR count). The second kappa shape index (κ2) is 8.00. The molecule has 0 radical (unpaired) electrons. The maximum atomic E-state index is 12.2. The molecule has 0 N–H and O–H groups in total. The molecule has 0 spiro atoms. The highest BCUT2D eigenvalue weighted by Crippen LogP contribution is 2.28. The summed E-state index contributed by atoms with van der Waals surface area (Å²) in [7, 11) is 0. The third-order valence-corrected chi connectivity index (χ3v) is 4.51. The van der Waals surface area contributed by atoms with Gasteiger partial charge in [0.15, 0.2) is 0 Å². The molecular weight excluding hydrogens is 352 g/mol. The highest BCUT2D eigenvalue weighted by Gasteiger charge is 2.12. The van der Waals surface area contributed by atoms with Crippen LogP contribution in [0.3, 0.4) is 0 Å². The number of hydrogen-bond donors (Lipinski definition) is 0. The minimum atomic E-state index is -0.327. The molecular formula is C22H20N4O2. The van der Waals surface area contributed by atoms with Crippen molar-refractivity contribution < 1.29 is 9.53 Å². The molecule has 1 aliphatic rings. The molecule has 28 heavy (non-hydrogen) atoms. The zero-order valence-electron chi connectivity index (χ0n) is 15.5. The number of ether oxygens (including phenoxy) is 1. The number of hydrogen-bond acceptors (Lipinski definition) is 5. The molecule has 0 aliphatic heterocycles. The van der Waals surface area contributed by atoms with Crippen molar-refractivity contribution in [1.82, 2.24) is 15.0 Å². The van der Waals surface area contributed by atoms with Crippen LogP contribution in [0.25, 0.3) is 10.8 Å². The number of esters is 1. The third-order valence-electron chi connectivity index (χ3n) is 4.51. The number of benzene rings is 2. The molecule has 0 atom stereocenters. The molecule has 1 heterocycles. The van der Waals surface area contributed by atoms with Crippen LogP contribution in [-0.4, -0.2) is 33.8 Å². The number of carbonyl (C=O) groups is 1. The predicted octanol–water partition coefficient (Wildman–Crippen LogP) is 4.10. The predicted molar refractivity (Wildman–Crippen MR) is 109 cm³/mol. The summed E-state index contributed by atoms with van der Waals surface area (Å²) in [6, 6.07) is 11.2. The van der Waals surface area contributed by atoms with Crippen LogP contribution in [0.5, 0.6) is 0 Å². The molecule has 1 aromatic heterocycles. The molecule has 0 amide bonds. The summed E-state index contributed by atoms with van der Waals surface area (Å²) in [6.07, 6.45) is 11.9. The summed E-state index contributed by atoms with van der Waals surface area (Å²) in [5.74, 6) is 0.0260. The molecule has 140 valence electrons. The van der Waals surface area contributed by atoms with Gasteiger partial charge in [-0.1, -0.05) is 53.8 Å². The van der Waals surface area contributed by atoms with Crippen LogP contribution >= 0.6 is 0 Å². The Labute approximate surface area is 162 Å². The van der Waals surface area contributed by atoms with Crippen molar-refractivity contribution in [2.24, 2.45) is 10.9 Å². The van der Waals surface area contributed by atoms with Gasteiger partial charge in [0.1, 0.15) is 5.69 Å². The van der Waals surface area contributed by atoms with Crippen molar-refractivity contribution in [2.45, 2.75) is 13.5 Å². The van der Waals surface area contributed by atoms with Crippen LogP contribution in [0.1, 0.15) is 23.0 Å². The number of allylic oxidation sites excluding steroid dienone is 4. The number of aliphatic imine (C=N–C) groups is 1. The Bertz CT molecular complexity index is 1080. The van der Waals surface area contributed by atoms with Gasteiger partial charge in [-0.3, -0.25) is 9.67 Å². The summed E-state index contributed by atoms with van der Waals surface area (Å²) >= 11 is 0. The van der Waals surface area contributed by atoms with Gasteiger partial charge < -0.3 is 4.74 Å². The zero-order valence-corrected chi connectivity index (χ0v) is 15.5. The Kier molecular flexibility index (Phi) is 5.10. The Morgan fingerprint density at radius 1 is 1.18 bits per heavy atom. The van der Waals surface area contributed by atoms with E-state index in [0.29, 0.717) is 23.8 Å². The Balaban J connectivity index is 1.58. The number of carbonyl (C=O) groups excluding carboxylic acids is 1. The van der Waals surface area contributed by atoms with Crippen LogP contribution in [0, 0.1) is 5.92 Å². The van der Waals surface area contributed by atoms with Crippen molar-refractivity contribution in [3.63, 3.8) is 0 Å². The molecule has 2 aromatic carbocycles. The van der Waals surface area contributed by atoms with Crippen molar-refractivity contribution in [3.8, 4) is 0 Å². The fraction of sp³-hybridized carbons (Fsp3) is 0.182. The lowest BCUT2D eigenvalue weighted by Crippen LogP contribution is -2.05. The molecule has 0 saturated heterocycles. The Morgan fingerprint density at radius 2 is 1.96 bits per heavy atom. The monoisotopic (exact) mass is 372 g/mol. The summed E-state index contributed by atoms with van der Waals surface area (Å²) in [6.45, 7) is 2.89. The standard InChI is InChI=1S/C22H20N4O2/c1-2-28-22(27)20-11-5-10-19-18(20)9-6-12-21(19)23-13-17-15-26(25-24-17)14-16-7-3-4-8-16/h3-13,15-16H,2,14H2,1H3. The average molecular weight is 372 g/mol. The topological polar surface area (TPSA) is 69.4 Å². The average Bonchev–Trinajstić information content (AvgIpc) is 3.38. The van der Waals surface area contributed by atoms with Gasteiger partial charge in [0.25, 0.3) is 0 Å². The maximum absolute atomic E-state index is 12.2. The minimum Gasteiger partial charge on any atom is -0.462 e. The fourth-order valence-electron chi connectivity index (χ4n) is 3.21. The largest absolute Gasteiger partial charge is 0.462 e. The van der Waals surface area contributed by atoms with E-state index in [2.05, 4.69) is 27.5 Å². The lowest BCUT2D eigenvalue weighted by molar-refractivity contribution is 0.0528. The lowest BCUT2D eigenvalue weighted by Gasteiger charge is -2.07. The maximum Gasteiger partial charge on any atom is 0.338 e. The normalized spacial score (nSPS) is 13.8. The van der Waals surface area contributed by atoms with Crippen molar-refractivity contribution in [2.75, 3.05) is 6.61 Å². The molecule has 0 bridgehead atoms. The highest BCUT2D eigenvalue weighted by atomic mass is 16.5. The molecule has 0 fully saturated rings. The highest BCUT2D eigenvalue weighted by molar-refractivity contribution is 6.08. The van der Waals surface area contributed by atoms with Gasteiger partial charge in [-0.2, -0.15) is 0 Å². The van der Waals surface area contributed by atoms with E-state index in [1.165, 1.54) is 0 Å². The van der Waals surface area contributed by atoms with Crippen molar-refractivity contribution >= 4 is 28.6 Å². The molecule has 0 unspecified atom stereocenters. The third kappa shape index (κ3) is 3.76. The fourth-order valence-corrected chi connectivity index (χ4v) is 3.21. The van der Waals surface area contributed by atoms with Gasteiger partial charge in [0.2, 0.25) is 0 Å². The van der Waals surface area contributed by atoms with E-state index in [9.17, 15) is 4.79 Å². The SMILES string of the molecule is CCOC(=O)c1cccc2c(N=Cc3cn(CC4C=CC=C4)nn3)cccc12. The van der Waals surface area contributed by atoms with E-state index in [4.69, 9.17) is 4.74 Å². The lowest BCUT2D eigenvalue weighted by atomic mass is 10.0. The van der Waals surface area contributed by atoms with Crippen LogP contribution in [0.2, 0.25) is 0 Å². The molecule has 1 aliphatic carbocycles. The zero-order chi connectivity index (χ0) is 19.3. The molecule has 6 heteroatoms. The molecule has 0 saturated carbocycles. The summed E-state index contributed by atoms with van der Waals surface area (Å²) in [4.78, 5) is 16.8. The molecule has 3 aromatic rings. The minimum absolute atomic E-state index is 0.327. The first-order valence-electron chi connectivity index (χ1n) is 9.22. The van der Waals surface area contributed by atoms with E-state index < -0.39 is 0 Å². The van der Waals surface area contributed by atoms with Gasteiger partial charge in [-0.15, -0.1) is 5.10 Å². The smallest absolute Gasteiger partial charge is 0.338 e. The first-order chi connectivity index (χ1) is 13.7. The summed E-state index contributed by atoms with van der Waals surface area (Å²) in [5.41, 5.74) is 1.99. The summed E-state index contributed by atoms with van der Waals surface area (Å²) in [5, 5.41) is 10.0. The second-order valence-corrected chi connectivity index (χ2v) is 6.46. The first-order valence-corrected chi connectivity index (χ1v) is 9.22.